The van der Waals surface area contributed by atoms with Crippen LogP contribution in [-0.2, 0) is 11.0 Å². The van der Waals surface area contributed by atoms with E-state index in [9.17, 15) is 18.0 Å². The molecule has 1 aromatic heterocycles. The summed E-state index contributed by atoms with van der Waals surface area (Å²) in [7, 11) is 0. The third kappa shape index (κ3) is 4.86. The molecular weight excluding hydrogens is 373 g/mol. The van der Waals surface area contributed by atoms with Crippen molar-refractivity contribution < 1.29 is 27.8 Å². The van der Waals surface area contributed by atoms with Crippen LogP contribution in [0.15, 0.2) is 30.5 Å². The Bertz CT molecular complexity index is 863. The maximum atomic E-state index is 12.7. The fraction of sp³-hybridized carbons (Fsp3) is 0.235. The smallest absolute Gasteiger partial charge is 0.433 e. The summed E-state index contributed by atoms with van der Waals surface area (Å²) in [6, 6.07) is 6.85. The van der Waals surface area contributed by atoms with E-state index in [0.29, 0.717) is 23.8 Å². The molecule has 0 atom stereocenters. The van der Waals surface area contributed by atoms with Crippen molar-refractivity contribution in [1.82, 2.24) is 4.98 Å². The maximum absolute atomic E-state index is 12.7. The van der Waals surface area contributed by atoms with Gasteiger partial charge in [-0.15, -0.1) is 0 Å². The molecule has 0 saturated carbocycles. The predicted octanol–water partition coefficient (Wildman–Crippen LogP) is 4.54. The summed E-state index contributed by atoms with van der Waals surface area (Å²) in [5, 5.41) is 17.9. The van der Waals surface area contributed by atoms with Crippen molar-refractivity contribution >= 4 is 17.6 Å². The number of carboxylic acid groups (broad SMARTS) is 1. The zero-order chi connectivity index (χ0) is 19.3. The highest BCUT2D eigenvalue weighted by Crippen LogP contribution is 2.35. The molecule has 1 heterocycles. The van der Waals surface area contributed by atoms with Gasteiger partial charge in [-0.3, -0.25) is 9.78 Å². The summed E-state index contributed by atoms with van der Waals surface area (Å²) < 4.78 is 43.5. The molecule has 9 heteroatoms. The number of nitrogens with zero attached hydrogens (tertiary/aromatic N) is 2. The number of carboxylic acids is 1. The Balaban J connectivity index is 2.24. The largest absolute Gasteiger partial charge is 0.494 e. The van der Waals surface area contributed by atoms with Gasteiger partial charge in [0.05, 0.1) is 23.3 Å². The summed E-state index contributed by atoms with van der Waals surface area (Å²) >= 11 is 6.15. The van der Waals surface area contributed by atoms with Gasteiger partial charge in [0.2, 0.25) is 0 Å². The lowest BCUT2D eigenvalue weighted by molar-refractivity contribution is -0.141. The number of carbonyl (C=O) groups is 1. The molecule has 0 spiro atoms. The van der Waals surface area contributed by atoms with Crippen LogP contribution in [0.25, 0.3) is 11.1 Å². The number of aromatic nitrogens is 1. The van der Waals surface area contributed by atoms with E-state index in [1.165, 1.54) is 18.2 Å². The van der Waals surface area contributed by atoms with Gasteiger partial charge in [-0.2, -0.15) is 18.4 Å². The van der Waals surface area contributed by atoms with Gasteiger partial charge in [-0.05, 0) is 30.7 Å². The number of hydrogen-bond acceptors (Lipinski definition) is 4. The lowest BCUT2D eigenvalue weighted by atomic mass is 10.0. The average Bonchev–Trinajstić information content (AvgIpc) is 2.57. The molecule has 2 rings (SSSR count). The molecule has 0 amide bonds. The summed E-state index contributed by atoms with van der Waals surface area (Å²) in [6.45, 7) is 0.174. The minimum Gasteiger partial charge on any atom is -0.494 e. The van der Waals surface area contributed by atoms with Crippen LogP contribution in [0.4, 0.5) is 13.2 Å². The lowest BCUT2D eigenvalue weighted by Crippen LogP contribution is -2.08. The van der Waals surface area contributed by atoms with Gasteiger partial charge in [0.1, 0.15) is 11.4 Å². The Morgan fingerprint density at radius 1 is 1.31 bits per heavy atom. The number of nitriles is 1. The monoisotopic (exact) mass is 384 g/mol. The lowest BCUT2D eigenvalue weighted by Gasteiger charge is -2.12. The molecule has 0 saturated heterocycles. The third-order valence-electron chi connectivity index (χ3n) is 3.35. The second-order valence-corrected chi connectivity index (χ2v) is 5.62. The van der Waals surface area contributed by atoms with Crippen LogP contribution in [0, 0.1) is 11.3 Å². The van der Waals surface area contributed by atoms with Crippen LogP contribution in [0.3, 0.4) is 0 Å². The highest BCUT2D eigenvalue weighted by molar-refractivity contribution is 6.33. The topological polar surface area (TPSA) is 83.2 Å². The highest BCUT2D eigenvalue weighted by atomic mass is 35.5. The van der Waals surface area contributed by atoms with E-state index in [1.54, 1.807) is 6.07 Å². The maximum Gasteiger partial charge on any atom is 0.433 e. The Labute approximate surface area is 151 Å². The fourth-order valence-corrected chi connectivity index (χ4v) is 2.41. The summed E-state index contributed by atoms with van der Waals surface area (Å²) in [5.41, 5.74) is -0.859. The third-order valence-corrected chi connectivity index (χ3v) is 3.66. The standard InChI is InChI=1S/C17H12ClF3N2O3/c18-14-7-11(26-5-1-2-16(24)25)3-4-12(14)13-9-23-15(17(19,20)21)6-10(13)8-22/h3-4,6-7,9H,1-2,5H2,(H,24,25). The Kier molecular flexibility index (Phi) is 6.05. The van der Waals surface area contributed by atoms with Gasteiger partial charge in [0.25, 0.3) is 0 Å². The van der Waals surface area contributed by atoms with E-state index in [-0.39, 0.29) is 29.2 Å². The van der Waals surface area contributed by atoms with E-state index in [1.807, 2.05) is 0 Å². The summed E-state index contributed by atoms with van der Waals surface area (Å²) in [5.74, 6) is -0.552. The number of ether oxygens (including phenoxy) is 1. The van der Waals surface area contributed by atoms with Crippen LogP contribution >= 0.6 is 11.6 Å². The number of aliphatic carboxylic acids is 1. The van der Waals surface area contributed by atoms with Gasteiger partial charge in [0, 0.05) is 23.7 Å². The van der Waals surface area contributed by atoms with E-state index in [0.717, 1.165) is 6.20 Å². The van der Waals surface area contributed by atoms with Crippen molar-refractivity contribution in [3.05, 3.63) is 46.7 Å². The van der Waals surface area contributed by atoms with Crippen molar-refractivity contribution in [1.29, 1.82) is 5.26 Å². The Hall–Kier alpha value is -2.79. The molecule has 0 unspecified atom stereocenters. The van der Waals surface area contributed by atoms with Gasteiger partial charge in [0.15, 0.2) is 0 Å². The van der Waals surface area contributed by atoms with E-state index < -0.39 is 17.8 Å². The zero-order valence-electron chi connectivity index (χ0n) is 13.2. The predicted molar refractivity (Wildman–Crippen MR) is 86.8 cm³/mol. The average molecular weight is 385 g/mol. The minimum absolute atomic E-state index is 0.0332. The van der Waals surface area contributed by atoms with Crippen molar-refractivity contribution in [3.8, 4) is 22.9 Å². The van der Waals surface area contributed by atoms with E-state index in [2.05, 4.69) is 4.98 Å². The first-order chi connectivity index (χ1) is 12.2. The SMILES string of the molecule is N#Cc1cc(C(F)(F)F)ncc1-c1ccc(OCCCC(=O)O)cc1Cl. The molecule has 0 aliphatic heterocycles. The molecule has 2 aromatic rings. The first-order valence-corrected chi connectivity index (χ1v) is 7.72. The number of hydrogen-bond donors (Lipinski definition) is 1. The zero-order valence-corrected chi connectivity index (χ0v) is 13.9. The normalized spacial score (nSPS) is 11.0. The van der Waals surface area contributed by atoms with E-state index >= 15 is 0 Å². The van der Waals surface area contributed by atoms with Crippen molar-refractivity contribution in [3.63, 3.8) is 0 Å². The molecule has 0 radical (unpaired) electrons. The number of rotatable bonds is 6. The van der Waals surface area contributed by atoms with Crippen molar-refractivity contribution in [2.45, 2.75) is 19.0 Å². The molecule has 0 bridgehead atoms. The van der Waals surface area contributed by atoms with Gasteiger partial charge < -0.3 is 9.84 Å². The molecule has 0 aliphatic carbocycles. The number of pyridine rings is 1. The molecule has 5 nitrogen and oxygen atoms in total. The van der Waals surface area contributed by atoms with Gasteiger partial charge in [-0.1, -0.05) is 11.6 Å². The van der Waals surface area contributed by atoms with Crippen molar-refractivity contribution in [2.24, 2.45) is 0 Å². The molecular formula is C17H12ClF3N2O3. The molecule has 1 aromatic carbocycles. The number of benzene rings is 1. The van der Waals surface area contributed by atoms with Crippen molar-refractivity contribution in [2.75, 3.05) is 6.61 Å². The fourth-order valence-electron chi connectivity index (χ4n) is 2.13. The quantitative estimate of drug-likeness (QED) is 0.739. The number of alkyl halides is 3. The van der Waals surface area contributed by atoms with Crippen LogP contribution < -0.4 is 4.74 Å². The Morgan fingerprint density at radius 3 is 2.62 bits per heavy atom. The van der Waals surface area contributed by atoms with Crippen LogP contribution in [0.5, 0.6) is 5.75 Å². The van der Waals surface area contributed by atoms with Gasteiger partial charge >= 0.3 is 12.1 Å². The highest BCUT2D eigenvalue weighted by Gasteiger charge is 2.33. The number of halogens is 4. The van der Waals surface area contributed by atoms with E-state index in [4.69, 9.17) is 26.7 Å². The second-order valence-electron chi connectivity index (χ2n) is 5.21. The summed E-state index contributed by atoms with van der Waals surface area (Å²) in [6.07, 6.45) is -3.41. The minimum atomic E-state index is -4.65. The second kappa shape index (κ2) is 8.06. The van der Waals surface area contributed by atoms with Crippen LogP contribution in [0.2, 0.25) is 5.02 Å². The first kappa shape index (κ1) is 19.5. The van der Waals surface area contributed by atoms with Gasteiger partial charge in [-0.25, -0.2) is 0 Å². The van der Waals surface area contributed by atoms with Crippen LogP contribution in [0.1, 0.15) is 24.1 Å². The summed E-state index contributed by atoms with van der Waals surface area (Å²) in [4.78, 5) is 13.8. The Morgan fingerprint density at radius 2 is 2.04 bits per heavy atom. The molecule has 26 heavy (non-hydrogen) atoms. The molecule has 136 valence electrons. The molecule has 0 fully saturated rings. The molecule has 1 N–H and O–H groups in total. The molecule has 0 aliphatic rings. The van der Waals surface area contributed by atoms with Crippen LogP contribution in [-0.4, -0.2) is 22.7 Å². The first-order valence-electron chi connectivity index (χ1n) is 7.34.